The van der Waals surface area contributed by atoms with E-state index in [4.69, 9.17) is 9.47 Å². The van der Waals surface area contributed by atoms with E-state index in [2.05, 4.69) is 21.2 Å². The van der Waals surface area contributed by atoms with Crippen molar-refractivity contribution >= 4 is 27.5 Å². The Labute approximate surface area is 129 Å². The van der Waals surface area contributed by atoms with Crippen molar-refractivity contribution in [3.8, 4) is 11.5 Å². The van der Waals surface area contributed by atoms with Gasteiger partial charge in [-0.25, -0.2) is 0 Å². The third-order valence-corrected chi connectivity index (χ3v) is 4.12. The highest BCUT2D eigenvalue weighted by molar-refractivity contribution is 9.10. The quantitative estimate of drug-likeness (QED) is 0.765. The zero-order chi connectivity index (χ0) is 15.1. The van der Waals surface area contributed by atoms with E-state index < -0.39 is 0 Å². The van der Waals surface area contributed by atoms with Crippen molar-refractivity contribution in [1.29, 1.82) is 0 Å². The number of carbonyl (C=O) groups is 1. The van der Waals surface area contributed by atoms with Crippen molar-refractivity contribution in [2.24, 2.45) is 5.92 Å². The Bertz CT molecular complexity index is 449. The van der Waals surface area contributed by atoms with Crippen molar-refractivity contribution in [3.63, 3.8) is 0 Å². The first-order valence-electron chi connectivity index (χ1n) is 6.84. The number of hydrogen-bond acceptors (Lipinski definition) is 3. The van der Waals surface area contributed by atoms with Crippen LogP contribution in [-0.4, -0.2) is 23.9 Å². The second kappa shape index (κ2) is 8.15. The van der Waals surface area contributed by atoms with Gasteiger partial charge in [0, 0.05) is 11.8 Å². The number of ether oxygens (including phenoxy) is 2. The predicted octanol–water partition coefficient (Wildman–Crippen LogP) is 3.84. The van der Waals surface area contributed by atoms with E-state index in [1.807, 2.05) is 39.8 Å². The van der Waals surface area contributed by atoms with E-state index in [9.17, 15) is 4.79 Å². The first-order valence-corrected chi connectivity index (χ1v) is 7.75. The van der Waals surface area contributed by atoms with Crippen LogP contribution in [0, 0.1) is 5.92 Å². The van der Waals surface area contributed by atoms with Gasteiger partial charge in [0.2, 0.25) is 5.91 Å². The largest absolute Gasteiger partial charge is 0.490 e. The Morgan fingerprint density at radius 1 is 1.20 bits per heavy atom. The Hall–Kier alpha value is -1.23. The van der Waals surface area contributed by atoms with Crippen LogP contribution in [0.4, 0.5) is 5.69 Å². The van der Waals surface area contributed by atoms with Gasteiger partial charge in [-0.15, -0.1) is 0 Å². The minimum atomic E-state index is -0.218. The lowest BCUT2D eigenvalue weighted by Crippen LogP contribution is -2.26. The molecule has 0 aliphatic heterocycles. The van der Waals surface area contributed by atoms with Crippen LogP contribution >= 0.6 is 15.9 Å². The molecule has 1 atom stereocenters. The summed E-state index contributed by atoms with van der Waals surface area (Å²) < 4.78 is 11.0. The van der Waals surface area contributed by atoms with Gasteiger partial charge in [0.25, 0.3) is 0 Å². The fraction of sp³-hybridized carbons (Fsp3) is 0.533. The standard InChI is InChI=1S/C15H22BrNO3/c1-5-19-12-8-7-11(9-13(12)20-6-2)17-15(18)14(16)10(3)4/h7-10,14H,5-6H2,1-4H3,(H,17,18). The number of anilines is 1. The number of halogens is 1. The van der Waals surface area contributed by atoms with Gasteiger partial charge >= 0.3 is 0 Å². The van der Waals surface area contributed by atoms with Gasteiger partial charge in [0.05, 0.1) is 18.0 Å². The van der Waals surface area contributed by atoms with Crippen molar-refractivity contribution in [1.82, 2.24) is 0 Å². The molecule has 5 heteroatoms. The van der Waals surface area contributed by atoms with Crippen molar-refractivity contribution in [2.45, 2.75) is 32.5 Å². The fourth-order valence-electron chi connectivity index (χ4n) is 1.64. The summed E-state index contributed by atoms with van der Waals surface area (Å²) in [4.78, 5) is 11.8. The summed E-state index contributed by atoms with van der Waals surface area (Å²) in [6.07, 6.45) is 0. The highest BCUT2D eigenvalue weighted by Gasteiger charge is 2.19. The zero-order valence-corrected chi connectivity index (χ0v) is 14.0. The molecule has 0 saturated heterocycles. The molecule has 20 heavy (non-hydrogen) atoms. The molecule has 0 radical (unpaired) electrons. The molecule has 0 heterocycles. The molecule has 0 spiro atoms. The van der Waals surface area contributed by atoms with Crippen LogP contribution in [0.3, 0.4) is 0 Å². The monoisotopic (exact) mass is 343 g/mol. The fourth-order valence-corrected chi connectivity index (χ4v) is 1.76. The molecule has 0 fully saturated rings. The maximum absolute atomic E-state index is 12.0. The van der Waals surface area contributed by atoms with Gasteiger partial charge in [-0.1, -0.05) is 29.8 Å². The minimum absolute atomic E-state index is 0.0633. The molecule has 1 rings (SSSR count). The van der Waals surface area contributed by atoms with E-state index >= 15 is 0 Å². The molecule has 0 aliphatic carbocycles. The zero-order valence-electron chi connectivity index (χ0n) is 12.4. The molecule has 1 amide bonds. The Balaban J connectivity index is 2.86. The molecule has 1 aromatic carbocycles. The van der Waals surface area contributed by atoms with Crippen LogP contribution in [-0.2, 0) is 4.79 Å². The molecule has 0 aromatic heterocycles. The van der Waals surface area contributed by atoms with Gasteiger partial charge in [-0.05, 0) is 31.9 Å². The molecule has 112 valence electrons. The minimum Gasteiger partial charge on any atom is -0.490 e. The summed E-state index contributed by atoms with van der Waals surface area (Å²) in [6.45, 7) is 8.93. The third kappa shape index (κ3) is 4.71. The lowest BCUT2D eigenvalue weighted by atomic mass is 10.1. The van der Waals surface area contributed by atoms with E-state index in [0.717, 1.165) is 0 Å². The Kier molecular flexibility index (Phi) is 6.85. The van der Waals surface area contributed by atoms with Crippen LogP contribution in [0.1, 0.15) is 27.7 Å². The summed E-state index contributed by atoms with van der Waals surface area (Å²) >= 11 is 3.39. The normalized spacial score (nSPS) is 12.1. The van der Waals surface area contributed by atoms with Crippen molar-refractivity contribution < 1.29 is 14.3 Å². The topological polar surface area (TPSA) is 47.6 Å². The molecule has 0 aliphatic rings. The third-order valence-electron chi connectivity index (χ3n) is 2.65. The van der Waals surface area contributed by atoms with E-state index in [1.165, 1.54) is 0 Å². The van der Waals surface area contributed by atoms with E-state index in [1.54, 1.807) is 6.07 Å². The van der Waals surface area contributed by atoms with Crippen LogP contribution in [0.5, 0.6) is 11.5 Å². The number of alkyl halides is 1. The second-order valence-corrected chi connectivity index (χ2v) is 5.65. The number of hydrogen-bond donors (Lipinski definition) is 1. The van der Waals surface area contributed by atoms with Crippen molar-refractivity contribution in [2.75, 3.05) is 18.5 Å². The SMILES string of the molecule is CCOc1ccc(NC(=O)C(Br)C(C)C)cc1OCC. The lowest BCUT2D eigenvalue weighted by molar-refractivity contribution is -0.116. The Morgan fingerprint density at radius 2 is 1.80 bits per heavy atom. The number of carbonyl (C=O) groups excluding carboxylic acids is 1. The van der Waals surface area contributed by atoms with Gasteiger partial charge in [-0.2, -0.15) is 0 Å². The molecule has 1 aromatic rings. The molecular weight excluding hydrogens is 322 g/mol. The molecule has 4 nitrogen and oxygen atoms in total. The lowest BCUT2D eigenvalue weighted by Gasteiger charge is -2.16. The maximum atomic E-state index is 12.0. The van der Waals surface area contributed by atoms with Crippen LogP contribution in [0.25, 0.3) is 0 Å². The smallest absolute Gasteiger partial charge is 0.238 e. The van der Waals surface area contributed by atoms with Crippen LogP contribution in [0.15, 0.2) is 18.2 Å². The van der Waals surface area contributed by atoms with Gasteiger partial charge in [0.15, 0.2) is 11.5 Å². The van der Waals surface area contributed by atoms with Crippen LogP contribution < -0.4 is 14.8 Å². The summed E-state index contributed by atoms with van der Waals surface area (Å²) in [5.74, 6) is 1.49. The average Bonchev–Trinajstić information content (AvgIpc) is 2.41. The highest BCUT2D eigenvalue weighted by Crippen LogP contribution is 2.31. The maximum Gasteiger partial charge on any atom is 0.238 e. The molecule has 1 N–H and O–H groups in total. The van der Waals surface area contributed by atoms with E-state index in [0.29, 0.717) is 30.4 Å². The first kappa shape index (κ1) is 16.8. The number of nitrogens with one attached hydrogen (secondary N) is 1. The van der Waals surface area contributed by atoms with Gasteiger partial charge in [0.1, 0.15) is 0 Å². The Morgan fingerprint density at radius 3 is 2.35 bits per heavy atom. The summed E-state index contributed by atoms with van der Waals surface area (Å²) in [7, 11) is 0. The molecular formula is C15H22BrNO3. The molecule has 0 bridgehead atoms. The predicted molar refractivity (Wildman–Crippen MR) is 85.0 cm³/mol. The molecule has 1 unspecified atom stereocenters. The average molecular weight is 344 g/mol. The summed E-state index contributed by atoms with van der Waals surface area (Å²) in [5.41, 5.74) is 0.701. The van der Waals surface area contributed by atoms with E-state index in [-0.39, 0.29) is 16.7 Å². The summed E-state index contributed by atoms with van der Waals surface area (Å²) in [5, 5.41) is 2.87. The van der Waals surface area contributed by atoms with Gasteiger partial charge in [-0.3, -0.25) is 4.79 Å². The molecule has 0 saturated carbocycles. The van der Waals surface area contributed by atoms with Crippen molar-refractivity contribution in [3.05, 3.63) is 18.2 Å². The summed E-state index contributed by atoms with van der Waals surface area (Å²) in [6, 6.07) is 5.40. The highest BCUT2D eigenvalue weighted by atomic mass is 79.9. The number of amides is 1. The number of benzene rings is 1. The van der Waals surface area contributed by atoms with Crippen LogP contribution in [0.2, 0.25) is 0 Å². The van der Waals surface area contributed by atoms with Gasteiger partial charge < -0.3 is 14.8 Å². The first-order chi connectivity index (χ1) is 9.49. The number of rotatable bonds is 7. The second-order valence-electron chi connectivity index (χ2n) is 4.66.